The number of carbonyl (C=O) groups is 2. The molecule has 0 fully saturated rings. The van der Waals surface area contributed by atoms with Gasteiger partial charge in [0.1, 0.15) is 6.04 Å². The van der Waals surface area contributed by atoms with E-state index in [2.05, 4.69) is 5.32 Å². The highest BCUT2D eigenvalue weighted by Gasteiger charge is 2.18. The van der Waals surface area contributed by atoms with E-state index in [0.717, 1.165) is 4.88 Å². The Labute approximate surface area is 110 Å². The first kappa shape index (κ1) is 14.7. The van der Waals surface area contributed by atoms with Crippen LogP contribution in [0, 0.1) is 0 Å². The molecular weight excluding hydrogens is 252 g/mol. The molecule has 2 unspecified atom stereocenters. The van der Waals surface area contributed by atoms with Crippen LogP contribution in [0.25, 0.3) is 0 Å². The van der Waals surface area contributed by atoms with Crippen LogP contribution >= 0.6 is 11.3 Å². The fraction of sp³-hybridized carbons (Fsp3) is 0.500. The molecule has 1 rings (SSSR count). The second kappa shape index (κ2) is 7.13. The van der Waals surface area contributed by atoms with E-state index < -0.39 is 12.0 Å². The van der Waals surface area contributed by atoms with Crippen LogP contribution in [0.5, 0.6) is 0 Å². The van der Waals surface area contributed by atoms with Gasteiger partial charge in [-0.05, 0) is 31.2 Å². The average Bonchev–Trinajstić information content (AvgIpc) is 2.80. The Morgan fingerprint density at radius 3 is 2.83 bits per heavy atom. The number of rotatable bonds is 7. The molecule has 0 saturated carbocycles. The van der Waals surface area contributed by atoms with Crippen LogP contribution in [0.4, 0.5) is 0 Å². The molecule has 1 aromatic heterocycles. The first-order valence-corrected chi connectivity index (χ1v) is 6.70. The molecule has 0 spiro atoms. The second-order valence-corrected chi connectivity index (χ2v) is 5.17. The topological polar surface area (TPSA) is 92.4 Å². The van der Waals surface area contributed by atoms with Gasteiger partial charge < -0.3 is 16.2 Å². The lowest BCUT2D eigenvalue weighted by Crippen LogP contribution is -2.39. The highest BCUT2D eigenvalue weighted by Crippen LogP contribution is 2.17. The van der Waals surface area contributed by atoms with Crippen LogP contribution in [0.1, 0.15) is 37.1 Å². The fourth-order valence-corrected chi connectivity index (χ4v) is 2.29. The number of hydrogen-bond acceptors (Lipinski definition) is 4. The Kier molecular flexibility index (Phi) is 5.80. The zero-order valence-corrected chi connectivity index (χ0v) is 11.1. The van der Waals surface area contributed by atoms with E-state index >= 15 is 0 Å². The summed E-state index contributed by atoms with van der Waals surface area (Å²) in [5, 5.41) is 13.2. The van der Waals surface area contributed by atoms with Crippen LogP contribution in [-0.4, -0.2) is 23.0 Å². The molecule has 0 radical (unpaired) electrons. The Morgan fingerprint density at radius 1 is 1.56 bits per heavy atom. The minimum Gasteiger partial charge on any atom is -0.481 e. The zero-order chi connectivity index (χ0) is 13.5. The van der Waals surface area contributed by atoms with E-state index in [0.29, 0.717) is 12.8 Å². The summed E-state index contributed by atoms with van der Waals surface area (Å²) in [4.78, 5) is 23.0. The van der Waals surface area contributed by atoms with Crippen molar-refractivity contribution in [2.24, 2.45) is 5.73 Å². The maximum Gasteiger partial charge on any atom is 0.303 e. The smallest absolute Gasteiger partial charge is 0.303 e. The van der Waals surface area contributed by atoms with Crippen LogP contribution in [0.2, 0.25) is 0 Å². The first-order valence-electron chi connectivity index (χ1n) is 5.82. The van der Waals surface area contributed by atoms with Crippen LogP contribution in [0.3, 0.4) is 0 Å². The van der Waals surface area contributed by atoms with Crippen molar-refractivity contribution in [3.63, 3.8) is 0 Å². The molecule has 0 aliphatic rings. The molecule has 6 heteroatoms. The molecular formula is C12H18N2O3S. The standard InChI is InChI=1S/C12H18N2O3S/c1-8(4-2-6-10(15)16)14-12(17)11(13)9-5-3-7-18-9/h3,5,7-8,11H,2,4,6,13H2,1H3,(H,14,17)(H,15,16). The molecule has 0 aromatic carbocycles. The van der Waals surface area contributed by atoms with Crippen molar-refractivity contribution >= 4 is 23.2 Å². The Balaban J connectivity index is 2.33. The molecule has 1 aromatic rings. The van der Waals surface area contributed by atoms with Gasteiger partial charge in [-0.25, -0.2) is 0 Å². The minimum absolute atomic E-state index is 0.0668. The minimum atomic E-state index is -0.816. The van der Waals surface area contributed by atoms with Gasteiger partial charge in [0.2, 0.25) is 5.91 Å². The molecule has 0 bridgehead atoms. The summed E-state index contributed by atoms with van der Waals surface area (Å²) < 4.78 is 0. The molecule has 18 heavy (non-hydrogen) atoms. The lowest BCUT2D eigenvalue weighted by atomic mass is 10.1. The maximum atomic E-state index is 11.8. The number of carbonyl (C=O) groups excluding carboxylic acids is 1. The summed E-state index contributed by atoms with van der Waals surface area (Å²) in [6, 6.07) is 2.96. The quantitative estimate of drug-likeness (QED) is 0.700. The number of aliphatic carboxylic acids is 1. The summed E-state index contributed by atoms with van der Waals surface area (Å²) in [6.07, 6.45) is 1.30. The van der Waals surface area contributed by atoms with E-state index in [-0.39, 0.29) is 18.4 Å². The third-order valence-electron chi connectivity index (χ3n) is 2.55. The predicted octanol–water partition coefficient (Wildman–Crippen LogP) is 1.51. The number of thiophene rings is 1. The van der Waals surface area contributed by atoms with Gasteiger partial charge in [0.15, 0.2) is 0 Å². The van der Waals surface area contributed by atoms with E-state index in [4.69, 9.17) is 10.8 Å². The molecule has 0 aliphatic heterocycles. The summed E-state index contributed by atoms with van der Waals surface area (Å²) in [5.41, 5.74) is 5.81. The van der Waals surface area contributed by atoms with Crippen molar-refractivity contribution in [3.05, 3.63) is 22.4 Å². The fourth-order valence-electron chi connectivity index (χ4n) is 1.56. The molecule has 5 nitrogen and oxygen atoms in total. The van der Waals surface area contributed by atoms with Crippen LogP contribution in [-0.2, 0) is 9.59 Å². The Morgan fingerprint density at radius 2 is 2.28 bits per heavy atom. The molecule has 0 aliphatic carbocycles. The van der Waals surface area contributed by atoms with Crippen molar-refractivity contribution in [2.75, 3.05) is 0 Å². The van der Waals surface area contributed by atoms with E-state index in [1.165, 1.54) is 11.3 Å². The number of amides is 1. The number of nitrogens with two attached hydrogens (primary N) is 1. The highest BCUT2D eigenvalue weighted by molar-refractivity contribution is 7.10. The van der Waals surface area contributed by atoms with Gasteiger partial charge in [0.25, 0.3) is 0 Å². The van der Waals surface area contributed by atoms with Crippen molar-refractivity contribution in [3.8, 4) is 0 Å². The number of hydrogen-bond donors (Lipinski definition) is 3. The number of nitrogens with one attached hydrogen (secondary N) is 1. The SMILES string of the molecule is CC(CCCC(=O)O)NC(=O)C(N)c1cccs1. The lowest BCUT2D eigenvalue weighted by Gasteiger charge is -2.16. The molecule has 1 amide bonds. The van der Waals surface area contributed by atoms with Gasteiger partial charge in [0.05, 0.1) is 0 Å². The zero-order valence-electron chi connectivity index (χ0n) is 10.3. The molecule has 1 heterocycles. The van der Waals surface area contributed by atoms with Crippen molar-refractivity contribution in [1.82, 2.24) is 5.32 Å². The highest BCUT2D eigenvalue weighted by atomic mass is 32.1. The Hall–Kier alpha value is -1.40. The van der Waals surface area contributed by atoms with Crippen molar-refractivity contribution in [1.29, 1.82) is 0 Å². The monoisotopic (exact) mass is 270 g/mol. The van der Waals surface area contributed by atoms with Gasteiger partial charge in [-0.2, -0.15) is 0 Å². The molecule has 4 N–H and O–H groups in total. The third-order valence-corrected chi connectivity index (χ3v) is 3.50. The maximum absolute atomic E-state index is 11.8. The predicted molar refractivity (Wildman–Crippen MR) is 70.3 cm³/mol. The molecule has 100 valence electrons. The second-order valence-electron chi connectivity index (χ2n) is 4.19. The van der Waals surface area contributed by atoms with Gasteiger partial charge >= 0.3 is 5.97 Å². The number of carboxylic acids is 1. The summed E-state index contributed by atoms with van der Waals surface area (Å²) >= 11 is 1.44. The largest absolute Gasteiger partial charge is 0.481 e. The number of carboxylic acid groups (broad SMARTS) is 1. The van der Waals surface area contributed by atoms with E-state index in [9.17, 15) is 9.59 Å². The third kappa shape index (κ3) is 4.85. The van der Waals surface area contributed by atoms with Gasteiger partial charge in [-0.1, -0.05) is 6.07 Å². The summed E-state index contributed by atoms with van der Waals surface area (Å²) in [7, 11) is 0. The van der Waals surface area contributed by atoms with Crippen LogP contribution < -0.4 is 11.1 Å². The summed E-state index contributed by atoms with van der Waals surface area (Å²) in [6.45, 7) is 1.85. The average molecular weight is 270 g/mol. The summed E-state index contributed by atoms with van der Waals surface area (Å²) in [5.74, 6) is -1.04. The van der Waals surface area contributed by atoms with Gasteiger partial charge in [0, 0.05) is 17.3 Å². The van der Waals surface area contributed by atoms with E-state index in [1.54, 1.807) is 0 Å². The van der Waals surface area contributed by atoms with Crippen LogP contribution in [0.15, 0.2) is 17.5 Å². The van der Waals surface area contributed by atoms with Gasteiger partial charge in [-0.3, -0.25) is 9.59 Å². The first-order chi connectivity index (χ1) is 8.50. The van der Waals surface area contributed by atoms with Gasteiger partial charge in [-0.15, -0.1) is 11.3 Å². The van der Waals surface area contributed by atoms with E-state index in [1.807, 2.05) is 24.4 Å². The molecule has 2 atom stereocenters. The Bertz CT molecular complexity index is 392. The molecule has 0 saturated heterocycles. The van der Waals surface area contributed by atoms with Crippen molar-refractivity contribution < 1.29 is 14.7 Å². The normalized spacial score (nSPS) is 13.9. The lowest BCUT2D eigenvalue weighted by molar-refractivity contribution is -0.137. The van der Waals surface area contributed by atoms with Crippen molar-refractivity contribution in [2.45, 2.75) is 38.3 Å².